The molecule has 0 aromatic heterocycles. The summed E-state index contributed by atoms with van der Waals surface area (Å²) in [7, 11) is 0. The van der Waals surface area contributed by atoms with E-state index in [0.717, 1.165) is 26.2 Å². The van der Waals surface area contributed by atoms with Crippen LogP contribution in [0.1, 0.15) is 48.5 Å². The Hall–Kier alpha value is -0.120. The van der Waals surface area contributed by atoms with E-state index in [0.29, 0.717) is 12.0 Å². The van der Waals surface area contributed by atoms with Crippen molar-refractivity contribution in [2.24, 2.45) is 5.92 Å². The first-order chi connectivity index (χ1) is 8.10. The van der Waals surface area contributed by atoms with Crippen LogP contribution in [0.2, 0.25) is 0 Å². The summed E-state index contributed by atoms with van der Waals surface area (Å²) in [6, 6.07) is 0.574. The van der Waals surface area contributed by atoms with Gasteiger partial charge in [-0.2, -0.15) is 0 Å². The van der Waals surface area contributed by atoms with Gasteiger partial charge < -0.3 is 10.1 Å². The molecule has 0 aliphatic carbocycles. The summed E-state index contributed by atoms with van der Waals surface area (Å²) in [5, 5.41) is 3.52. The van der Waals surface area contributed by atoms with Crippen molar-refractivity contribution in [2.75, 3.05) is 26.2 Å². The van der Waals surface area contributed by atoms with E-state index in [2.05, 4.69) is 58.7 Å². The molecule has 1 heterocycles. The minimum atomic E-state index is -0.0348. The van der Waals surface area contributed by atoms with Gasteiger partial charge in [-0.25, -0.2) is 0 Å². The van der Waals surface area contributed by atoms with Gasteiger partial charge in [0.05, 0.1) is 11.2 Å². The van der Waals surface area contributed by atoms with E-state index in [-0.39, 0.29) is 11.2 Å². The van der Waals surface area contributed by atoms with Crippen LogP contribution in [0.25, 0.3) is 0 Å². The Balaban J connectivity index is 2.46. The van der Waals surface area contributed by atoms with E-state index in [1.165, 1.54) is 0 Å². The van der Waals surface area contributed by atoms with E-state index >= 15 is 0 Å². The largest absolute Gasteiger partial charge is 0.367 e. The maximum Gasteiger partial charge on any atom is 0.0760 e. The molecule has 0 saturated carbocycles. The van der Waals surface area contributed by atoms with Crippen molar-refractivity contribution in [1.82, 2.24) is 10.2 Å². The van der Waals surface area contributed by atoms with Crippen molar-refractivity contribution in [3.05, 3.63) is 0 Å². The predicted molar refractivity (Wildman–Crippen MR) is 78.0 cm³/mol. The Kier molecular flexibility index (Phi) is 5.22. The van der Waals surface area contributed by atoms with Gasteiger partial charge in [-0.3, -0.25) is 4.90 Å². The van der Waals surface area contributed by atoms with Crippen LogP contribution in [0.5, 0.6) is 0 Å². The summed E-state index contributed by atoms with van der Waals surface area (Å²) in [4.78, 5) is 2.55. The van der Waals surface area contributed by atoms with Crippen LogP contribution in [0, 0.1) is 5.92 Å². The van der Waals surface area contributed by atoms with Crippen LogP contribution >= 0.6 is 0 Å². The predicted octanol–water partition coefficient (Wildman–Crippen LogP) is 2.51. The molecule has 18 heavy (non-hydrogen) atoms. The van der Waals surface area contributed by atoms with E-state index < -0.39 is 0 Å². The zero-order valence-corrected chi connectivity index (χ0v) is 13.3. The molecule has 1 aliphatic rings. The van der Waals surface area contributed by atoms with Crippen LogP contribution in [0.3, 0.4) is 0 Å². The van der Waals surface area contributed by atoms with Gasteiger partial charge in [-0.05, 0) is 40.2 Å². The number of rotatable bonds is 5. The SMILES string of the molecule is CC(CNC(C)C)CN1CC(C)(C)OC(C)(C)C1. The van der Waals surface area contributed by atoms with E-state index in [9.17, 15) is 0 Å². The van der Waals surface area contributed by atoms with E-state index in [4.69, 9.17) is 4.74 Å². The molecular formula is C15H32N2O. The molecule has 1 N–H and O–H groups in total. The van der Waals surface area contributed by atoms with Gasteiger partial charge in [0.25, 0.3) is 0 Å². The first kappa shape index (κ1) is 15.9. The minimum absolute atomic E-state index is 0.0348. The molecule has 3 heteroatoms. The molecule has 1 atom stereocenters. The maximum absolute atomic E-state index is 6.11. The molecule has 1 aliphatic heterocycles. The monoisotopic (exact) mass is 256 g/mol. The van der Waals surface area contributed by atoms with Crippen molar-refractivity contribution in [3.8, 4) is 0 Å². The van der Waals surface area contributed by atoms with E-state index in [1.807, 2.05) is 0 Å². The topological polar surface area (TPSA) is 24.5 Å². The molecule has 1 rings (SSSR count). The molecule has 0 amide bonds. The average Bonchev–Trinajstić information content (AvgIpc) is 2.09. The van der Waals surface area contributed by atoms with Crippen molar-refractivity contribution in [2.45, 2.75) is 65.7 Å². The lowest BCUT2D eigenvalue weighted by Crippen LogP contribution is -2.58. The number of nitrogens with one attached hydrogen (secondary N) is 1. The third-order valence-electron chi connectivity index (χ3n) is 3.21. The molecule has 1 fully saturated rings. The Morgan fingerprint density at radius 3 is 2.00 bits per heavy atom. The first-order valence-corrected chi connectivity index (χ1v) is 7.25. The Morgan fingerprint density at radius 2 is 1.56 bits per heavy atom. The van der Waals surface area contributed by atoms with Crippen molar-refractivity contribution >= 4 is 0 Å². The Morgan fingerprint density at radius 1 is 1.06 bits per heavy atom. The Bertz CT molecular complexity index is 245. The highest BCUT2D eigenvalue weighted by molar-refractivity contribution is 4.89. The van der Waals surface area contributed by atoms with Gasteiger partial charge in [0.2, 0.25) is 0 Å². The lowest BCUT2D eigenvalue weighted by atomic mass is 9.97. The molecule has 1 unspecified atom stereocenters. The van der Waals surface area contributed by atoms with Crippen LogP contribution < -0.4 is 5.32 Å². The van der Waals surface area contributed by atoms with Gasteiger partial charge in [0.1, 0.15) is 0 Å². The lowest BCUT2D eigenvalue weighted by Gasteiger charge is -2.47. The summed E-state index contributed by atoms with van der Waals surface area (Å²) in [6.07, 6.45) is 0. The molecule has 0 spiro atoms. The summed E-state index contributed by atoms with van der Waals surface area (Å²) >= 11 is 0. The zero-order valence-electron chi connectivity index (χ0n) is 13.3. The number of morpholine rings is 1. The normalized spacial score (nSPS) is 25.3. The molecule has 0 aromatic carbocycles. The second-order valence-corrected chi connectivity index (χ2v) is 7.46. The van der Waals surface area contributed by atoms with Gasteiger partial charge in [-0.15, -0.1) is 0 Å². The fourth-order valence-electron chi connectivity index (χ4n) is 3.02. The average molecular weight is 256 g/mol. The Labute approximate surface area is 113 Å². The first-order valence-electron chi connectivity index (χ1n) is 7.25. The second-order valence-electron chi connectivity index (χ2n) is 7.46. The van der Waals surface area contributed by atoms with E-state index in [1.54, 1.807) is 0 Å². The fourth-order valence-corrected chi connectivity index (χ4v) is 3.02. The fraction of sp³-hybridized carbons (Fsp3) is 1.00. The van der Waals surface area contributed by atoms with Gasteiger partial charge in [0, 0.05) is 25.7 Å². The number of ether oxygens (including phenoxy) is 1. The van der Waals surface area contributed by atoms with Gasteiger partial charge >= 0.3 is 0 Å². The highest BCUT2D eigenvalue weighted by atomic mass is 16.5. The minimum Gasteiger partial charge on any atom is -0.367 e. The number of hydrogen-bond acceptors (Lipinski definition) is 3. The van der Waals surface area contributed by atoms with Crippen molar-refractivity contribution < 1.29 is 4.74 Å². The molecule has 3 nitrogen and oxygen atoms in total. The molecule has 0 bridgehead atoms. The van der Waals surface area contributed by atoms with Crippen LogP contribution in [0.4, 0.5) is 0 Å². The molecule has 1 saturated heterocycles. The summed E-state index contributed by atoms with van der Waals surface area (Å²) in [6.45, 7) is 19.8. The highest BCUT2D eigenvalue weighted by Gasteiger charge is 2.38. The van der Waals surface area contributed by atoms with Gasteiger partial charge in [0.15, 0.2) is 0 Å². The standard InChI is InChI=1S/C15H32N2O/c1-12(2)16-8-13(3)9-17-10-14(4,5)18-15(6,7)11-17/h12-13,16H,8-11H2,1-7H3. The number of hydrogen-bond donors (Lipinski definition) is 1. The molecule has 108 valence electrons. The van der Waals surface area contributed by atoms with Crippen LogP contribution in [0.15, 0.2) is 0 Å². The summed E-state index contributed by atoms with van der Waals surface area (Å²) < 4.78 is 6.11. The molecule has 0 aromatic rings. The highest BCUT2D eigenvalue weighted by Crippen LogP contribution is 2.28. The summed E-state index contributed by atoms with van der Waals surface area (Å²) in [5.41, 5.74) is -0.0696. The quantitative estimate of drug-likeness (QED) is 0.818. The van der Waals surface area contributed by atoms with Crippen LogP contribution in [-0.4, -0.2) is 48.3 Å². The van der Waals surface area contributed by atoms with Crippen molar-refractivity contribution in [3.63, 3.8) is 0 Å². The lowest BCUT2D eigenvalue weighted by molar-refractivity contribution is -0.181. The zero-order chi connectivity index (χ0) is 14.0. The smallest absolute Gasteiger partial charge is 0.0760 e. The van der Waals surface area contributed by atoms with Crippen LogP contribution in [-0.2, 0) is 4.74 Å². The molecule has 0 radical (unpaired) electrons. The third-order valence-corrected chi connectivity index (χ3v) is 3.21. The van der Waals surface area contributed by atoms with Crippen molar-refractivity contribution in [1.29, 1.82) is 0 Å². The third kappa shape index (κ3) is 5.68. The molecular weight excluding hydrogens is 224 g/mol. The second kappa shape index (κ2) is 5.89. The maximum atomic E-state index is 6.11. The number of nitrogens with zero attached hydrogens (tertiary/aromatic N) is 1. The van der Waals surface area contributed by atoms with Gasteiger partial charge in [-0.1, -0.05) is 20.8 Å². The summed E-state index contributed by atoms with van der Waals surface area (Å²) in [5.74, 6) is 0.678.